The summed E-state index contributed by atoms with van der Waals surface area (Å²) in [5.74, 6) is -0.424. The highest BCUT2D eigenvalue weighted by atomic mass is 32.1. The number of benzene rings is 2. The molecule has 5 heteroatoms. The van der Waals surface area contributed by atoms with Gasteiger partial charge in [0.1, 0.15) is 0 Å². The second-order valence-corrected chi connectivity index (χ2v) is 5.71. The van der Waals surface area contributed by atoms with Crippen LogP contribution in [0.25, 0.3) is 20.2 Å². The van der Waals surface area contributed by atoms with Crippen LogP contribution in [-0.2, 0) is 11.3 Å². The van der Waals surface area contributed by atoms with E-state index in [9.17, 15) is 14.7 Å². The number of rotatable bonds is 2. The molecule has 1 aromatic heterocycles. The lowest BCUT2D eigenvalue weighted by atomic mass is 10.1. The zero-order valence-electron chi connectivity index (χ0n) is 11.3. The smallest absolute Gasteiger partial charge is 0.337 e. The summed E-state index contributed by atoms with van der Waals surface area (Å²) in [6.45, 7) is -0.0979. The molecule has 0 aliphatic rings. The van der Waals surface area contributed by atoms with Gasteiger partial charge in [-0.05, 0) is 35.9 Å². The first kappa shape index (κ1) is 13.7. The van der Waals surface area contributed by atoms with Gasteiger partial charge in [-0.25, -0.2) is 4.79 Å². The monoisotopic (exact) mass is 300 g/mol. The largest absolute Gasteiger partial charge is 0.465 e. The van der Waals surface area contributed by atoms with Gasteiger partial charge >= 0.3 is 5.97 Å². The standard InChI is InChI=1S/C16H12O4S/c1-20-16(19)10-3-4-11-14(7-10)21-13-5-2-9(8-17)6-12(13)15(11)18/h2-7,17H,8H2,1H3. The van der Waals surface area contributed by atoms with Crippen molar-refractivity contribution >= 4 is 37.5 Å². The second kappa shape index (κ2) is 5.27. The first-order valence-corrected chi connectivity index (χ1v) is 7.14. The Labute approximate surface area is 124 Å². The molecule has 0 aliphatic heterocycles. The Balaban J connectivity index is 2.33. The Kier molecular flexibility index (Phi) is 3.45. The van der Waals surface area contributed by atoms with E-state index in [1.807, 2.05) is 6.07 Å². The molecule has 4 nitrogen and oxygen atoms in total. The van der Waals surface area contributed by atoms with Crippen molar-refractivity contribution < 1.29 is 14.6 Å². The summed E-state index contributed by atoms with van der Waals surface area (Å²) in [5, 5.41) is 10.3. The van der Waals surface area contributed by atoms with Crippen LogP contribution in [0.5, 0.6) is 0 Å². The van der Waals surface area contributed by atoms with Gasteiger partial charge in [0.2, 0.25) is 0 Å². The highest BCUT2D eigenvalue weighted by Gasteiger charge is 2.10. The summed E-state index contributed by atoms with van der Waals surface area (Å²) in [6, 6.07) is 10.2. The van der Waals surface area contributed by atoms with Crippen LogP contribution < -0.4 is 5.43 Å². The number of aliphatic hydroxyl groups is 1. The minimum Gasteiger partial charge on any atom is -0.465 e. The molecule has 0 unspecified atom stereocenters. The molecule has 0 aliphatic carbocycles. The maximum absolute atomic E-state index is 12.5. The molecule has 21 heavy (non-hydrogen) atoms. The van der Waals surface area contributed by atoms with E-state index in [0.29, 0.717) is 21.9 Å². The zero-order chi connectivity index (χ0) is 15.0. The SMILES string of the molecule is COC(=O)c1ccc2c(=O)c3cc(CO)ccc3sc2c1. The number of esters is 1. The lowest BCUT2D eigenvalue weighted by Gasteiger charge is -2.04. The normalized spacial score (nSPS) is 11.0. The van der Waals surface area contributed by atoms with Crippen LogP contribution in [0.4, 0.5) is 0 Å². The van der Waals surface area contributed by atoms with Crippen LogP contribution in [0.15, 0.2) is 41.2 Å². The number of methoxy groups -OCH3 is 1. The second-order valence-electron chi connectivity index (χ2n) is 4.62. The molecule has 1 heterocycles. The number of aliphatic hydroxyl groups excluding tert-OH is 1. The molecule has 3 rings (SSSR count). The lowest BCUT2D eigenvalue weighted by Crippen LogP contribution is -2.04. The van der Waals surface area contributed by atoms with Crippen molar-refractivity contribution in [1.29, 1.82) is 0 Å². The minimum absolute atomic E-state index is 0.0922. The zero-order valence-corrected chi connectivity index (χ0v) is 12.1. The van der Waals surface area contributed by atoms with Crippen molar-refractivity contribution in [3.05, 3.63) is 57.7 Å². The maximum Gasteiger partial charge on any atom is 0.337 e. The molecule has 2 aromatic carbocycles. The van der Waals surface area contributed by atoms with Gasteiger partial charge in [-0.15, -0.1) is 11.3 Å². The Hall–Kier alpha value is -2.24. The summed E-state index contributed by atoms with van der Waals surface area (Å²) in [5.41, 5.74) is 1.04. The molecule has 3 aromatic rings. The van der Waals surface area contributed by atoms with Crippen LogP contribution in [-0.4, -0.2) is 18.2 Å². The van der Waals surface area contributed by atoms with Crippen LogP contribution in [0.3, 0.4) is 0 Å². The van der Waals surface area contributed by atoms with E-state index in [2.05, 4.69) is 0 Å². The van der Waals surface area contributed by atoms with Gasteiger partial charge in [-0.2, -0.15) is 0 Å². The summed E-state index contributed by atoms with van der Waals surface area (Å²) in [6.07, 6.45) is 0. The van der Waals surface area contributed by atoms with Crippen molar-refractivity contribution in [2.45, 2.75) is 6.61 Å². The third-order valence-corrected chi connectivity index (χ3v) is 4.47. The molecule has 0 atom stereocenters. The van der Waals surface area contributed by atoms with Crippen molar-refractivity contribution in [2.75, 3.05) is 7.11 Å². The first-order chi connectivity index (χ1) is 10.1. The van der Waals surface area contributed by atoms with Crippen molar-refractivity contribution in [1.82, 2.24) is 0 Å². The highest BCUT2D eigenvalue weighted by Crippen LogP contribution is 2.26. The van der Waals surface area contributed by atoms with Crippen LogP contribution >= 0.6 is 11.3 Å². The first-order valence-electron chi connectivity index (χ1n) is 6.32. The Morgan fingerprint density at radius 1 is 1.14 bits per heavy atom. The molecule has 106 valence electrons. The van der Waals surface area contributed by atoms with Gasteiger partial charge in [-0.1, -0.05) is 6.07 Å². The summed E-state index contributed by atoms with van der Waals surface area (Å²) < 4.78 is 6.26. The third kappa shape index (κ3) is 2.30. The molecule has 0 saturated heterocycles. The number of fused-ring (bicyclic) bond motifs is 2. The van der Waals surface area contributed by atoms with Crippen molar-refractivity contribution in [3.63, 3.8) is 0 Å². The molecular weight excluding hydrogens is 288 g/mol. The van der Waals surface area contributed by atoms with Gasteiger partial charge < -0.3 is 9.84 Å². The van der Waals surface area contributed by atoms with E-state index in [1.165, 1.54) is 18.4 Å². The molecule has 1 N–H and O–H groups in total. The number of ether oxygens (including phenoxy) is 1. The summed E-state index contributed by atoms with van der Waals surface area (Å²) in [7, 11) is 1.33. The predicted molar refractivity (Wildman–Crippen MR) is 82.9 cm³/mol. The predicted octanol–water partition coefficient (Wildman–Crippen LogP) is 2.69. The van der Waals surface area contributed by atoms with Gasteiger partial charge in [0.15, 0.2) is 5.43 Å². The quantitative estimate of drug-likeness (QED) is 0.584. The molecular formula is C16H12O4S. The molecule has 0 bridgehead atoms. The lowest BCUT2D eigenvalue weighted by molar-refractivity contribution is 0.0601. The van der Waals surface area contributed by atoms with Crippen molar-refractivity contribution in [3.8, 4) is 0 Å². The van der Waals surface area contributed by atoms with Gasteiger partial charge in [0, 0.05) is 20.2 Å². The van der Waals surface area contributed by atoms with E-state index in [4.69, 9.17) is 4.74 Å². The summed E-state index contributed by atoms with van der Waals surface area (Å²) >= 11 is 1.44. The van der Waals surface area contributed by atoms with Crippen LogP contribution in [0, 0.1) is 0 Å². The minimum atomic E-state index is -0.424. The molecule has 0 amide bonds. The fraction of sp³-hybridized carbons (Fsp3) is 0.125. The Bertz CT molecular complexity index is 911. The van der Waals surface area contributed by atoms with E-state index in [1.54, 1.807) is 30.3 Å². The van der Waals surface area contributed by atoms with Crippen LogP contribution in [0.1, 0.15) is 15.9 Å². The topological polar surface area (TPSA) is 63.6 Å². The third-order valence-electron chi connectivity index (χ3n) is 3.34. The average Bonchev–Trinajstić information content (AvgIpc) is 2.53. The van der Waals surface area contributed by atoms with Crippen LogP contribution in [0.2, 0.25) is 0 Å². The molecule has 0 fully saturated rings. The number of hydrogen-bond donors (Lipinski definition) is 1. The molecule has 0 radical (unpaired) electrons. The number of carbonyl (C=O) groups is 1. The fourth-order valence-corrected chi connectivity index (χ4v) is 3.34. The molecule has 0 spiro atoms. The Morgan fingerprint density at radius 3 is 2.67 bits per heavy atom. The summed E-state index contributed by atoms with van der Waals surface area (Å²) in [4.78, 5) is 24.1. The van der Waals surface area contributed by atoms with E-state index in [-0.39, 0.29) is 12.0 Å². The van der Waals surface area contributed by atoms with Gasteiger partial charge in [0.05, 0.1) is 19.3 Å². The van der Waals surface area contributed by atoms with Crippen molar-refractivity contribution in [2.24, 2.45) is 0 Å². The fourth-order valence-electron chi connectivity index (χ4n) is 2.24. The average molecular weight is 300 g/mol. The molecule has 0 saturated carbocycles. The highest BCUT2D eigenvalue weighted by molar-refractivity contribution is 7.24. The van der Waals surface area contributed by atoms with Gasteiger partial charge in [0.25, 0.3) is 0 Å². The number of hydrogen-bond acceptors (Lipinski definition) is 5. The maximum atomic E-state index is 12.5. The van der Waals surface area contributed by atoms with E-state index >= 15 is 0 Å². The number of carbonyl (C=O) groups excluding carboxylic acids is 1. The van der Waals surface area contributed by atoms with Gasteiger partial charge in [-0.3, -0.25) is 4.79 Å². The van der Waals surface area contributed by atoms with E-state index in [0.717, 1.165) is 9.40 Å². The van der Waals surface area contributed by atoms with E-state index < -0.39 is 5.97 Å². The Morgan fingerprint density at radius 2 is 1.95 bits per heavy atom.